The Balaban J connectivity index is 2.95. The second-order valence-corrected chi connectivity index (χ2v) is 3.38. The summed E-state index contributed by atoms with van der Waals surface area (Å²) in [6.45, 7) is 3.78. The number of nitroso groups, excluding NO2 is 1. The minimum atomic E-state index is -0.430. The average Bonchev–Trinajstić information content (AvgIpc) is 2.29. The number of esters is 1. The highest BCUT2D eigenvalue weighted by atomic mass is 16.5. The van der Waals surface area contributed by atoms with Crippen molar-refractivity contribution < 1.29 is 9.53 Å². The molecule has 0 aliphatic rings. The van der Waals surface area contributed by atoms with E-state index in [2.05, 4.69) is 5.18 Å². The van der Waals surface area contributed by atoms with E-state index < -0.39 is 5.92 Å². The highest BCUT2D eigenvalue weighted by molar-refractivity contribution is 5.79. The van der Waals surface area contributed by atoms with Gasteiger partial charge in [0.25, 0.3) is 0 Å². The monoisotopic (exact) mass is 222 g/mol. The van der Waals surface area contributed by atoms with Crippen molar-refractivity contribution in [2.45, 2.75) is 19.8 Å². The highest BCUT2D eigenvalue weighted by Crippen LogP contribution is 2.27. The zero-order chi connectivity index (χ0) is 12.1. The number of hydrogen-bond acceptors (Lipinski definition) is 5. The SMILES string of the molecule is CCOC(=O)C(C)c1ccc(N)c(N=O)c1. The van der Waals surface area contributed by atoms with Gasteiger partial charge in [0.2, 0.25) is 0 Å². The summed E-state index contributed by atoms with van der Waals surface area (Å²) in [6, 6.07) is 4.75. The summed E-state index contributed by atoms with van der Waals surface area (Å²) in [5, 5.41) is 2.79. The third-order valence-electron chi connectivity index (χ3n) is 2.29. The smallest absolute Gasteiger partial charge is 0.313 e. The maximum Gasteiger partial charge on any atom is 0.313 e. The second kappa shape index (κ2) is 5.25. The normalized spacial score (nSPS) is 11.9. The first-order valence-electron chi connectivity index (χ1n) is 4.99. The lowest BCUT2D eigenvalue weighted by atomic mass is 10.0. The van der Waals surface area contributed by atoms with E-state index in [0.717, 1.165) is 0 Å². The molecule has 2 N–H and O–H groups in total. The molecule has 0 bridgehead atoms. The Morgan fingerprint density at radius 1 is 1.56 bits per heavy atom. The minimum Gasteiger partial charge on any atom is -0.466 e. The number of benzene rings is 1. The van der Waals surface area contributed by atoms with Crippen molar-refractivity contribution in [2.75, 3.05) is 12.3 Å². The van der Waals surface area contributed by atoms with Crippen molar-refractivity contribution >= 4 is 17.3 Å². The van der Waals surface area contributed by atoms with Crippen molar-refractivity contribution in [3.8, 4) is 0 Å². The van der Waals surface area contributed by atoms with E-state index >= 15 is 0 Å². The average molecular weight is 222 g/mol. The fraction of sp³-hybridized carbons (Fsp3) is 0.364. The number of ether oxygens (including phenoxy) is 1. The lowest BCUT2D eigenvalue weighted by Crippen LogP contribution is -2.12. The molecule has 1 unspecified atom stereocenters. The third-order valence-corrected chi connectivity index (χ3v) is 2.29. The molecule has 0 radical (unpaired) electrons. The number of nitrogens with zero attached hydrogens (tertiary/aromatic N) is 1. The van der Waals surface area contributed by atoms with Gasteiger partial charge >= 0.3 is 5.97 Å². The Morgan fingerprint density at radius 2 is 2.25 bits per heavy atom. The first-order chi connectivity index (χ1) is 7.60. The maximum absolute atomic E-state index is 11.5. The summed E-state index contributed by atoms with van der Waals surface area (Å²) in [5.41, 5.74) is 6.64. The summed E-state index contributed by atoms with van der Waals surface area (Å²) in [7, 11) is 0. The van der Waals surface area contributed by atoms with Gasteiger partial charge in [0.15, 0.2) is 0 Å². The lowest BCUT2D eigenvalue weighted by molar-refractivity contribution is -0.144. The Kier molecular flexibility index (Phi) is 3.99. The zero-order valence-corrected chi connectivity index (χ0v) is 9.27. The topological polar surface area (TPSA) is 81.8 Å². The number of carbonyl (C=O) groups excluding carboxylic acids is 1. The van der Waals surface area contributed by atoms with Gasteiger partial charge < -0.3 is 10.5 Å². The summed E-state index contributed by atoms with van der Waals surface area (Å²) in [4.78, 5) is 21.9. The number of rotatable bonds is 4. The van der Waals surface area contributed by atoms with Crippen LogP contribution in [0.1, 0.15) is 25.3 Å². The molecule has 16 heavy (non-hydrogen) atoms. The molecule has 0 aliphatic heterocycles. The molecule has 0 fully saturated rings. The van der Waals surface area contributed by atoms with Gasteiger partial charge in [0.1, 0.15) is 5.69 Å². The molecular weight excluding hydrogens is 208 g/mol. The molecule has 1 aromatic rings. The summed E-state index contributed by atoms with van der Waals surface area (Å²) < 4.78 is 4.88. The molecule has 0 saturated carbocycles. The largest absolute Gasteiger partial charge is 0.466 e. The molecule has 0 aliphatic carbocycles. The van der Waals surface area contributed by atoms with Gasteiger partial charge in [0, 0.05) is 0 Å². The van der Waals surface area contributed by atoms with Crippen LogP contribution < -0.4 is 5.73 Å². The van der Waals surface area contributed by atoms with Gasteiger partial charge in [-0.2, -0.15) is 0 Å². The summed E-state index contributed by atoms with van der Waals surface area (Å²) in [6.07, 6.45) is 0. The van der Waals surface area contributed by atoms with Gasteiger partial charge in [-0.1, -0.05) is 6.07 Å². The van der Waals surface area contributed by atoms with Crippen LogP contribution in [-0.4, -0.2) is 12.6 Å². The maximum atomic E-state index is 11.5. The van der Waals surface area contributed by atoms with E-state index in [1.807, 2.05) is 0 Å². The Morgan fingerprint density at radius 3 is 2.81 bits per heavy atom. The molecule has 5 nitrogen and oxygen atoms in total. The van der Waals surface area contributed by atoms with Crippen molar-refractivity contribution in [1.29, 1.82) is 0 Å². The van der Waals surface area contributed by atoms with Crippen molar-refractivity contribution in [1.82, 2.24) is 0 Å². The molecule has 0 spiro atoms. The molecular formula is C11H14N2O3. The van der Waals surface area contributed by atoms with Crippen LogP contribution in [0.4, 0.5) is 11.4 Å². The van der Waals surface area contributed by atoms with Crippen LogP contribution in [0.25, 0.3) is 0 Å². The van der Waals surface area contributed by atoms with Crippen LogP contribution in [0.15, 0.2) is 23.4 Å². The molecule has 1 atom stereocenters. The van der Waals surface area contributed by atoms with Crippen LogP contribution in [-0.2, 0) is 9.53 Å². The van der Waals surface area contributed by atoms with Crippen molar-refractivity contribution in [3.63, 3.8) is 0 Å². The molecule has 1 rings (SSSR count). The Bertz CT molecular complexity index is 404. The number of anilines is 1. The van der Waals surface area contributed by atoms with E-state index in [9.17, 15) is 9.70 Å². The molecule has 0 saturated heterocycles. The van der Waals surface area contributed by atoms with E-state index in [1.54, 1.807) is 26.0 Å². The minimum absolute atomic E-state index is 0.147. The Labute approximate surface area is 93.6 Å². The quantitative estimate of drug-likeness (QED) is 0.481. The van der Waals surface area contributed by atoms with E-state index in [1.165, 1.54) is 6.07 Å². The summed E-state index contributed by atoms with van der Waals surface area (Å²) >= 11 is 0. The van der Waals surface area contributed by atoms with Gasteiger partial charge in [-0.15, -0.1) is 4.91 Å². The fourth-order valence-corrected chi connectivity index (χ4v) is 1.31. The number of nitrogen functional groups attached to an aromatic ring is 1. The molecule has 5 heteroatoms. The number of nitrogens with two attached hydrogens (primary N) is 1. The first kappa shape index (κ1) is 12.2. The predicted octanol–water partition coefficient (Wildman–Crippen LogP) is 2.33. The molecule has 0 heterocycles. The van der Waals surface area contributed by atoms with Crippen LogP contribution in [0.3, 0.4) is 0 Å². The van der Waals surface area contributed by atoms with E-state index in [-0.39, 0.29) is 11.7 Å². The van der Waals surface area contributed by atoms with Crippen LogP contribution in [0.5, 0.6) is 0 Å². The second-order valence-electron chi connectivity index (χ2n) is 3.38. The van der Waals surface area contributed by atoms with Gasteiger partial charge in [-0.25, -0.2) is 0 Å². The Hall–Kier alpha value is -1.91. The standard InChI is InChI=1S/C11H14N2O3/c1-3-16-11(14)7(2)8-4-5-9(12)10(6-8)13-15/h4-7H,3,12H2,1-2H3. The van der Waals surface area contributed by atoms with Crippen LogP contribution >= 0.6 is 0 Å². The molecule has 0 amide bonds. The van der Waals surface area contributed by atoms with Gasteiger partial charge in [0.05, 0.1) is 18.2 Å². The van der Waals surface area contributed by atoms with E-state index in [4.69, 9.17) is 10.5 Å². The zero-order valence-electron chi connectivity index (χ0n) is 9.27. The third kappa shape index (κ3) is 2.56. The number of hydrogen-bond donors (Lipinski definition) is 1. The van der Waals surface area contributed by atoms with Gasteiger partial charge in [-0.3, -0.25) is 4.79 Å². The van der Waals surface area contributed by atoms with Crippen molar-refractivity contribution in [2.24, 2.45) is 5.18 Å². The molecule has 1 aromatic carbocycles. The highest BCUT2D eigenvalue weighted by Gasteiger charge is 2.17. The van der Waals surface area contributed by atoms with Crippen molar-refractivity contribution in [3.05, 3.63) is 28.7 Å². The molecule has 0 aromatic heterocycles. The molecule has 86 valence electrons. The van der Waals surface area contributed by atoms with E-state index in [0.29, 0.717) is 17.9 Å². The first-order valence-corrected chi connectivity index (χ1v) is 4.99. The summed E-state index contributed by atoms with van der Waals surface area (Å²) in [5.74, 6) is -0.759. The predicted molar refractivity (Wildman–Crippen MR) is 61.4 cm³/mol. The fourth-order valence-electron chi connectivity index (χ4n) is 1.31. The van der Waals surface area contributed by atoms with Crippen LogP contribution in [0.2, 0.25) is 0 Å². The number of carbonyl (C=O) groups is 1. The lowest BCUT2D eigenvalue weighted by Gasteiger charge is -2.11. The van der Waals surface area contributed by atoms with Gasteiger partial charge in [-0.05, 0) is 36.7 Å². The van der Waals surface area contributed by atoms with Crippen LogP contribution in [0, 0.1) is 4.91 Å².